The van der Waals surface area contributed by atoms with Crippen LogP contribution in [0, 0.1) is 0 Å². The predicted molar refractivity (Wildman–Crippen MR) is 71.9 cm³/mol. The summed E-state index contributed by atoms with van der Waals surface area (Å²) in [7, 11) is 1.34. The third-order valence-electron chi connectivity index (χ3n) is 2.49. The fourth-order valence-electron chi connectivity index (χ4n) is 1.46. The predicted octanol–water partition coefficient (Wildman–Crippen LogP) is 1.11. The maximum absolute atomic E-state index is 11.6. The first-order valence-corrected chi connectivity index (χ1v) is 5.84. The zero-order valence-electron chi connectivity index (χ0n) is 11.2. The van der Waals surface area contributed by atoms with E-state index >= 15 is 0 Å². The highest BCUT2D eigenvalue weighted by molar-refractivity contribution is 5.96. The number of rotatable bonds is 6. The van der Waals surface area contributed by atoms with Gasteiger partial charge in [-0.05, 0) is 31.2 Å². The van der Waals surface area contributed by atoms with Crippen LogP contribution in [0.25, 0.3) is 0 Å². The molecule has 1 aromatic carbocycles. The summed E-state index contributed by atoms with van der Waals surface area (Å²) in [5, 5.41) is 13.6. The number of amides is 2. The highest BCUT2D eigenvalue weighted by atomic mass is 16.5. The molecule has 0 fully saturated rings. The van der Waals surface area contributed by atoms with Crippen LogP contribution >= 0.6 is 0 Å². The van der Waals surface area contributed by atoms with Crippen molar-refractivity contribution in [3.63, 3.8) is 0 Å². The van der Waals surface area contributed by atoms with Crippen molar-refractivity contribution >= 4 is 23.5 Å². The number of hydrogen-bond acceptors (Lipinski definition) is 4. The molecule has 1 rings (SSSR count). The van der Waals surface area contributed by atoms with Crippen molar-refractivity contribution in [1.82, 2.24) is 5.32 Å². The van der Waals surface area contributed by atoms with Gasteiger partial charge in [0.1, 0.15) is 0 Å². The smallest absolute Gasteiger partial charge is 0.328 e. The molecule has 1 aromatic rings. The van der Waals surface area contributed by atoms with Crippen LogP contribution in [-0.4, -0.2) is 42.6 Å². The Hall–Kier alpha value is -2.41. The molecule has 0 aliphatic carbocycles. The maximum Gasteiger partial charge on any atom is 0.328 e. The zero-order valence-corrected chi connectivity index (χ0v) is 11.2. The van der Waals surface area contributed by atoms with Crippen LogP contribution in [0.1, 0.15) is 17.3 Å². The van der Waals surface area contributed by atoms with Crippen LogP contribution in [0.4, 0.5) is 10.5 Å². The minimum absolute atomic E-state index is 0.0768. The first kappa shape index (κ1) is 15.6. The molecule has 20 heavy (non-hydrogen) atoms. The summed E-state index contributed by atoms with van der Waals surface area (Å²) in [6.07, 6.45) is 0. The van der Waals surface area contributed by atoms with E-state index in [1.165, 1.54) is 14.0 Å². The maximum atomic E-state index is 11.6. The van der Waals surface area contributed by atoms with Crippen molar-refractivity contribution in [2.45, 2.75) is 13.0 Å². The number of benzene rings is 1. The van der Waals surface area contributed by atoms with Gasteiger partial charge in [0.05, 0.1) is 6.61 Å². The summed E-state index contributed by atoms with van der Waals surface area (Å²) >= 11 is 0. The highest BCUT2D eigenvalue weighted by Gasteiger charge is 2.19. The van der Waals surface area contributed by atoms with Crippen LogP contribution in [-0.2, 0) is 9.53 Å². The first-order valence-electron chi connectivity index (χ1n) is 5.84. The number of carboxylic acids is 1. The van der Waals surface area contributed by atoms with Crippen molar-refractivity contribution in [3.8, 4) is 0 Å². The molecule has 0 saturated carbocycles. The SMILES string of the molecule is COCC(NC(=O)Nc1ccc(C(C)=O)cc1)C(=O)O. The number of ether oxygens (including phenoxy) is 1. The van der Waals surface area contributed by atoms with E-state index in [-0.39, 0.29) is 12.4 Å². The van der Waals surface area contributed by atoms with Crippen LogP contribution < -0.4 is 10.6 Å². The number of carbonyl (C=O) groups excluding carboxylic acids is 2. The standard InChI is InChI=1S/C13H16N2O5/c1-8(16)9-3-5-10(6-4-9)14-13(19)15-11(7-20-2)12(17)18/h3-6,11H,7H2,1-2H3,(H,17,18)(H2,14,15,19). The van der Waals surface area contributed by atoms with E-state index in [1.54, 1.807) is 24.3 Å². The van der Waals surface area contributed by atoms with Crippen molar-refractivity contribution < 1.29 is 24.2 Å². The average Bonchev–Trinajstić information content (AvgIpc) is 2.38. The minimum atomic E-state index is -1.19. The molecule has 0 spiro atoms. The zero-order chi connectivity index (χ0) is 15.1. The van der Waals surface area contributed by atoms with E-state index in [0.29, 0.717) is 11.3 Å². The molecule has 0 saturated heterocycles. The third-order valence-corrected chi connectivity index (χ3v) is 2.49. The molecule has 3 N–H and O–H groups in total. The van der Waals surface area contributed by atoms with E-state index in [2.05, 4.69) is 10.6 Å². The second kappa shape index (κ2) is 7.25. The molecule has 0 radical (unpaired) electrons. The van der Waals surface area contributed by atoms with E-state index < -0.39 is 18.0 Å². The van der Waals surface area contributed by atoms with Gasteiger partial charge < -0.3 is 20.5 Å². The van der Waals surface area contributed by atoms with E-state index in [1.807, 2.05) is 0 Å². The van der Waals surface area contributed by atoms with Gasteiger partial charge in [-0.15, -0.1) is 0 Å². The minimum Gasteiger partial charge on any atom is -0.480 e. The van der Waals surface area contributed by atoms with Crippen molar-refractivity contribution in [2.24, 2.45) is 0 Å². The molecular weight excluding hydrogens is 264 g/mol. The summed E-state index contributed by atoms with van der Waals surface area (Å²) in [6.45, 7) is 1.31. The molecule has 0 aromatic heterocycles. The van der Waals surface area contributed by atoms with Gasteiger partial charge in [0, 0.05) is 18.4 Å². The van der Waals surface area contributed by atoms with Gasteiger partial charge in [-0.1, -0.05) is 0 Å². The Morgan fingerprint density at radius 1 is 1.25 bits per heavy atom. The fourth-order valence-corrected chi connectivity index (χ4v) is 1.46. The van der Waals surface area contributed by atoms with Crippen LogP contribution in [0.2, 0.25) is 0 Å². The lowest BCUT2D eigenvalue weighted by atomic mass is 10.1. The van der Waals surface area contributed by atoms with Gasteiger partial charge in [-0.25, -0.2) is 9.59 Å². The average molecular weight is 280 g/mol. The lowest BCUT2D eigenvalue weighted by molar-refractivity contribution is -0.140. The number of hydrogen-bond donors (Lipinski definition) is 3. The van der Waals surface area contributed by atoms with E-state index in [0.717, 1.165) is 0 Å². The Bertz CT molecular complexity index is 498. The number of aliphatic carboxylic acids is 1. The number of ketones is 1. The first-order chi connectivity index (χ1) is 9.43. The molecule has 0 bridgehead atoms. The summed E-state index contributed by atoms with van der Waals surface area (Å²) in [5.41, 5.74) is 0.979. The number of carboxylic acid groups (broad SMARTS) is 1. The molecule has 7 heteroatoms. The molecule has 0 aliphatic heterocycles. The van der Waals surface area contributed by atoms with Crippen LogP contribution in [0.15, 0.2) is 24.3 Å². The lowest BCUT2D eigenvalue weighted by Gasteiger charge is -2.14. The van der Waals surface area contributed by atoms with Gasteiger partial charge in [-0.3, -0.25) is 4.79 Å². The van der Waals surface area contributed by atoms with Crippen LogP contribution in [0.3, 0.4) is 0 Å². The summed E-state index contributed by atoms with van der Waals surface area (Å²) in [6, 6.07) is 4.47. The Morgan fingerprint density at radius 2 is 1.85 bits per heavy atom. The number of carbonyl (C=O) groups is 3. The number of Topliss-reactive ketones (excluding diaryl/α,β-unsaturated/α-hetero) is 1. The number of methoxy groups -OCH3 is 1. The number of urea groups is 1. The Labute approximate surface area is 115 Å². The molecule has 1 atom stereocenters. The van der Waals surface area contributed by atoms with E-state index in [4.69, 9.17) is 9.84 Å². The molecule has 0 aliphatic rings. The largest absolute Gasteiger partial charge is 0.480 e. The third kappa shape index (κ3) is 4.69. The quantitative estimate of drug-likeness (QED) is 0.677. The molecule has 2 amide bonds. The summed E-state index contributed by atoms with van der Waals surface area (Å²) in [5.74, 6) is -1.26. The Morgan fingerprint density at radius 3 is 2.30 bits per heavy atom. The van der Waals surface area contributed by atoms with Gasteiger partial charge in [0.15, 0.2) is 11.8 Å². The van der Waals surface area contributed by atoms with Gasteiger partial charge >= 0.3 is 12.0 Å². The number of nitrogens with one attached hydrogen (secondary N) is 2. The van der Waals surface area contributed by atoms with Crippen molar-refractivity contribution in [3.05, 3.63) is 29.8 Å². The second-order valence-corrected chi connectivity index (χ2v) is 4.08. The lowest BCUT2D eigenvalue weighted by Crippen LogP contribution is -2.45. The second-order valence-electron chi connectivity index (χ2n) is 4.08. The number of anilines is 1. The topological polar surface area (TPSA) is 105 Å². The molecular formula is C13H16N2O5. The molecule has 7 nitrogen and oxygen atoms in total. The van der Waals surface area contributed by atoms with Crippen LogP contribution in [0.5, 0.6) is 0 Å². The van der Waals surface area contributed by atoms with Gasteiger partial charge in [0.25, 0.3) is 0 Å². The molecule has 1 unspecified atom stereocenters. The summed E-state index contributed by atoms with van der Waals surface area (Å²) in [4.78, 5) is 33.5. The van der Waals surface area contributed by atoms with E-state index in [9.17, 15) is 14.4 Å². The molecule has 0 heterocycles. The Kier molecular flexibility index (Phi) is 5.67. The van der Waals surface area contributed by atoms with Crippen molar-refractivity contribution in [1.29, 1.82) is 0 Å². The highest BCUT2D eigenvalue weighted by Crippen LogP contribution is 2.09. The Balaban J connectivity index is 2.61. The fraction of sp³-hybridized carbons (Fsp3) is 0.308. The summed E-state index contributed by atoms with van der Waals surface area (Å²) < 4.78 is 4.70. The van der Waals surface area contributed by atoms with Gasteiger partial charge in [0.2, 0.25) is 0 Å². The van der Waals surface area contributed by atoms with Crippen molar-refractivity contribution in [2.75, 3.05) is 19.0 Å². The monoisotopic (exact) mass is 280 g/mol. The normalized spacial score (nSPS) is 11.5. The molecule has 108 valence electrons. The van der Waals surface area contributed by atoms with Gasteiger partial charge in [-0.2, -0.15) is 0 Å².